The van der Waals surface area contributed by atoms with Gasteiger partial charge in [0, 0.05) is 24.8 Å². The number of rotatable bonds is 10. The number of carboxylic acid groups (broad SMARTS) is 2. The van der Waals surface area contributed by atoms with Gasteiger partial charge in [0.25, 0.3) is 0 Å². The molecule has 0 aliphatic rings. The molecule has 0 aromatic rings. The molecule has 9 heteroatoms. The Morgan fingerprint density at radius 3 is 1.10 bits per heavy atom. The Kier molecular flexibility index (Phi) is 18.0. The van der Waals surface area contributed by atoms with Gasteiger partial charge in [-0.25, -0.2) is 0 Å². The molecular weight excluding hydrogens is 420 g/mol. The predicted molar refractivity (Wildman–Crippen MR) is 98.5 cm³/mol. The minimum Gasteiger partial charge on any atom is -0.550 e. The SMILES string of the molecule is CC(C)(C)COC(=O)CCCC(=O)[O-].CC(C)(C)COC(=O)CCCC(=O)[O-].[Cr+2]. The third-order valence-electron chi connectivity index (χ3n) is 2.86. The number of carbonyl (C=O) groups is 4. The van der Waals surface area contributed by atoms with E-state index in [0.29, 0.717) is 13.2 Å². The maximum Gasteiger partial charge on any atom is 2.00 e. The van der Waals surface area contributed by atoms with Gasteiger partial charge in [-0.05, 0) is 36.5 Å². The normalized spacial score (nSPS) is 10.7. The minimum absolute atomic E-state index is 0. The number of aliphatic carboxylic acids is 2. The molecule has 0 aliphatic heterocycles. The molecule has 0 heterocycles. The van der Waals surface area contributed by atoms with Crippen molar-refractivity contribution in [1.82, 2.24) is 0 Å². The van der Waals surface area contributed by atoms with Gasteiger partial charge < -0.3 is 29.3 Å². The number of carboxylic acids is 2. The summed E-state index contributed by atoms with van der Waals surface area (Å²) in [5.74, 6) is -2.95. The van der Waals surface area contributed by atoms with Crippen LogP contribution in [-0.4, -0.2) is 37.1 Å². The molecule has 8 nitrogen and oxygen atoms in total. The Morgan fingerprint density at radius 2 is 0.897 bits per heavy atom. The van der Waals surface area contributed by atoms with Gasteiger partial charge in [-0.3, -0.25) is 9.59 Å². The molecule has 0 fully saturated rings. The Morgan fingerprint density at radius 1 is 0.621 bits per heavy atom. The van der Waals surface area contributed by atoms with Gasteiger partial charge in [0.15, 0.2) is 0 Å². The minimum atomic E-state index is -1.13. The van der Waals surface area contributed by atoms with Crippen LogP contribution >= 0.6 is 0 Å². The number of carbonyl (C=O) groups excluding carboxylic acids is 4. The molecular formula is C20H34CrO8. The molecule has 29 heavy (non-hydrogen) atoms. The van der Waals surface area contributed by atoms with Gasteiger partial charge in [0.05, 0.1) is 13.2 Å². The first-order chi connectivity index (χ1) is 12.6. The van der Waals surface area contributed by atoms with Crippen molar-refractivity contribution in [3.8, 4) is 0 Å². The van der Waals surface area contributed by atoms with Crippen LogP contribution in [0, 0.1) is 10.8 Å². The van der Waals surface area contributed by atoms with Crippen molar-refractivity contribution in [2.24, 2.45) is 10.8 Å². The summed E-state index contributed by atoms with van der Waals surface area (Å²) in [5, 5.41) is 20.1. The van der Waals surface area contributed by atoms with E-state index in [4.69, 9.17) is 9.47 Å². The van der Waals surface area contributed by atoms with Gasteiger partial charge in [-0.1, -0.05) is 41.5 Å². The van der Waals surface area contributed by atoms with Crippen molar-refractivity contribution in [3.63, 3.8) is 0 Å². The maximum absolute atomic E-state index is 11.0. The molecule has 0 aliphatic carbocycles. The van der Waals surface area contributed by atoms with E-state index in [1.54, 1.807) is 0 Å². The first-order valence-electron chi connectivity index (χ1n) is 9.33. The van der Waals surface area contributed by atoms with Crippen LogP contribution in [-0.2, 0) is 46.0 Å². The summed E-state index contributed by atoms with van der Waals surface area (Å²) in [6, 6.07) is 0. The first-order valence-corrected chi connectivity index (χ1v) is 9.33. The van der Waals surface area contributed by atoms with E-state index in [2.05, 4.69) is 0 Å². The zero-order valence-electron chi connectivity index (χ0n) is 18.3. The molecule has 0 saturated heterocycles. The molecule has 0 N–H and O–H groups in total. The van der Waals surface area contributed by atoms with Crippen LogP contribution in [0.25, 0.3) is 0 Å². The molecule has 0 radical (unpaired) electrons. The van der Waals surface area contributed by atoms with Crippen LogP contribution in [0.2, 0.25) is 0 Å². The number of ether oxygens (including phenoxy) is 2. The summed E-state index contributed by atoms with van der Waals surface area (Å²) in [6.07, 6.45) is 0.667. The monoisotopic (exact) mass is 454 g/mol. The molecule has 0 rings (SSSR count). The molecule has 0 aromatic heterocycles. The molecule has 0 atom stereocenters. The average molecular weight is 454 g/mol. The van der Waals surface area contributed by atoms with E-state index < -0.39 is 11.9 Å². The Bertz CT molecular complexity index is 458. The van der Waals surface area contributed by atoms with Gasteiger partial charge in [-0.15, -0.1) is 0 Å². The van der Waals surface area contributed by atoms with Gasteiger partial charge in [0.2, 0.25) is 0 Å². The zero-order chi connectivity index (χ0) is 22.4. The van der Waals surface area contributed by atoms with E-state index in [1.807, 2.05) is 41.5 Å². The molecule has 168 valence electrons. The third-order valence-corrected chi connectivity index (χ3v) is 2.86. The van der Waals surface area contributed by atoms with E-state index in [9.17, 15) is 29.4 Å². The Labute approximate surface area is 184 Å². The van der Waals surface area contributed by atoms with Gasteiger partial charge in [0.1, 0.15) is 0 Å². The van der Waals surface area contributed by atoms with Crippen molar-refractivity contribution in [3.05, 3.63) is 0 Å². The van der Waals surface area contributed by atoms with Crippen molar-refractivity contribution in [2.75, 3.05) is 13.2 Å². The van der Waals surface area contributed by atoms with Crippen LogP contribution in [0.3, 0.4) is 0 Å². The second-order valence-electron chi connectivity index (χ2n) is 8.89. The summed E-state index contributed by atoms with van der Waals surface area (Å²) >= 11 is 0. The number of esters is 2. The summed E-state index contributed by atoms with van der Waals surface area (Å²) in [5.41, 5.74) is -0.103. The smallest absolute Gasteiger partial charge is 0.550 e. The van der Waals surface area contributed by atoms with Crippen LogP contribution in [0.5, 0.6) is 0 Å². The topological polar surface area (TPSA) is 133 Å². The standard InChI is InChI=1S/2C10H18O4.Cr/c2*1-10(2,3)7-14-9(13)6-4-5-8(11)12;/h2*4-7H2,1-3H3,(H,11,12);/q;;+2/p-2. The van der Waals surface area contributed by atoms with Crippen LogP contribution in [0.1, 0.15) is 80.1 Å². The van der Waals surface area contributed by atoms with E-state index >= 15 is 0 Å². The molecule has 0 bridgehead atoms. The van der Waals surface area contributed by atoms with Crippen molar-refractivity contribution in [2.45, 2.75) is 80.1 Å². The quantitative estimate of drug-likeness (QED) is 0.446. The summed E-state index contributed by atoms with van der Waals surface area (Å²) in [7, 11) is 0. The second kappa shape index (κ2) is 16.2. The maximum atomic E-state index is 11.0. The Hall–Kier alpha value is -1.59. The molecule has 0 spiro atoms. The molecule has 0 saturated carbocycles. The number of hydrogen-bond acceptors (Lipinski definition) is 8. The largest absolute Gasteiger partial charge is 2.00 e. The first kappa shape index (κ1) is 32.1. The fraction of sp³-hybridized carbons (Fsp3) is 0.800. The summed E-state index contributed by atoms with van der Waals surface area (Å²) in [4.78, 5) is 42.1. The van der Waals surface area contributed by atoms with Crippen LogP contribution in [0.15, 0.2) is 0 Å². The second-order valence-corrected chi connectivity index (χ2v) is 8.89. The summed E-state index contributed by atoms with van der Waals surface area (Å²) in [6.45, 7) is 12.5. The fourth-order valence-corrected chi connectivity index (χ4v) is 1.49. The Balaban J connectivity index is -0.000000451. The molecule has 0 aromatic carbocycles. The third kappa shape index (κ3) is 31.3. The van der Waals surface area contributed by atoms with Crippen molar-refractivity contribution in [1.29, 1.82) is 0 Å². The van der Waals surface area contributed by atoms with Crippen molar-refractivity contribution >= 4 is 23.9 Å². The van der Waals surface area contributed by atoms with E-state index in [-0.39, 0.29) is 78.7 Å². The van der Waals surface area contributed by atoms with E-state index in [1.165, 1.54) is 0 Å². The van der Waals surface area contributed by atoms with E-state index in [0.717, 1.165) is 0 Å². The zero-order valence-corrected chi connectivity index (χ0v) is 19.6. The molecule has 0 amide bonds. The summed E-state index contributed by atoms with van der Waals surface area (Å²) < 4.78 is 9.87. The van der Waals surface area contributed by atoms with Crippen LogP contribution in [0.4, 0.5) is 0 Å². The average Bonchev–Trinajstić information content (AvgIpc) is 2.49. The molecule has 0 unspecified atom stereocenters. The predicted octanol–water partition coefficient (Wildman–Crippen LogP) is 0.989. The van der Waals surface area contributed by atoms with Crippen molar-refractivity contribution < 1.29 is 56.2 Å². The van der Waals surface area contributed by atoms with Crippen LogP contribution < -0.4 is 10.2 Å². The van der Waals surface area contributed by atoms with Gasteiger partial charge >= 0.3 is 29.3 Å². The number of hydrogen-bond donors (Lipinski definition) is 0. The van der Waals surface area contributed by atoms with Gasteiger partial charge in [-0.2, -0.15) is 0 Å². The fourth-order valence-electron chi connectivity index (χ4n) is 1.49.